The molecular weight excluding hydrogens is 276 g/mol. The lowest BCUT2D eigenvalue weighted by atomic mass is 10.2. The van der Waals surface area contributed by atoms with E-state index < -0.39 is 0 Å². The van der Waals surface area contributed by atoms with Gasteiger partial charge in [0.2, 0.25) is 0 Å². The molecule has 0 aromatic heterocycles. The smallest absolute Gasteiger partial charge is 0.0641 e. The molecule has 1 aromatic rings. The van der Waals surface area contributed by atoms with Gasteiger partial charge in [-0.2, -0.15) is 0 Å². The fraction of sp³-hybridized carbons (Fsp3) is 0.200. The van der Waals surface area contributed by atoms with E-state index >= 15 is 0 Å². The Kier molecular flexibility index (Phi) is 5.07. The van der Waals surface area contributed by atoms with Crippen LogP contribution in [-0.2, 0) is 0 Å². The molecule has 0 fully saturated rings. The van der Waals surface area contributed by atoms with Crippen molar-refractivity contribution in [2.24, 2.45) is 0 Å². The average Bonchev–Trinajstić information content (AvgIpc) is 2.21. The van der Waals surface area contributed by atoms with Crippen molar-refractivity contribution in [3.05, 3.63) is 38.3 Å². The molecule has 15 heavy (non-hydrogen) atoms. The molecule has 1 rings (SSSR count). The van der Waals surface area contributed by atoms with E-state index in [9.17, 15) is 0 Å². The first-order valence-corrected chi connectivity index (χ1v) is 5.76. The molecule has 0 unspecified atom stereocenters. The summed E-state index contributed by atoms with van der Waals surface area (Å²) < 4.78 is 0. The maximum Gasteiger partial charge on any atom is 0.0641 e. The first-order chi connectivity index (χ1) is 7.04. The molecule has 1 aromatic carbocycles. The number of halogens is 4. The van der Waals surface area contributed by atoms with Crippen LogP contribution in [0.25, 0.3) is 0 Å². The van der Waals surface area contributed by atoms with E-state index in [0.717, 1.165) is 11.3 Å². The van der Waals surface area contributed by atoms with E-state index in [1.54, 1.807) is 12.1 Å². The highest BCUT2D eigenvalue weighted by Gasteiger charge is 2.04. The molecule has 0 heterocycles. The molecule has 0 bridgehead atoms. The number of hydrogen-bond acceptors (Lipinski definition) is 1. The Balaban J connectivity index is 2.82. The molecule has 1 N–H and O–H groups in total. The monoisotopic (exact) mass is 283 g/mol. The number of nitrogens with one attached hydrogen (secondary N) is 1. The van der Waals surface area contributed by atoms with Gasteiger partial charge in [-0.1, -0.05) is 46.4 Å². The minimum absolute atomic E-state index is 0.421. The minimum Gasteiger partial charge on any atom is -0.379 e. The van der Waals surface area contributed by atoms with Gasteiger partial charge in [0.1, 0.15) is 0 Å². The molecule has 0 aliphatic rings. The van der Waals surface area contributed by atoms with Crippen molar-refractivity contribution in [2.75, 3.05) is 11.9 Å². The number of benzene rings is 1. The van der Waals surface area contributed by atoms with Gasteiger partial charge >= 0.3 is 0 Å². The zero-order chi connectivity index (χ0) is 11.4. The summed E-state index contributed by atoms with van der Waals surface area (Å²) in [6.45, 7) is 2.31. The minimum atomic E-state index is 0.421. The predicted molar refractivity (Wildman–Crippen MR) is 69.5 cm³/mol. The van der Waals surface area contributed by atoms with E-state index in [2.05, 4.69) is 5.32 Å². The average molecular weight is 285 g/mol. The highest BCUT2D eigenvalue weighted by molar-refractivity contribution is 6.37. The second-order valence-electron chi connectivity index (χ2n) is 2.99. The first-order valence-electron chi connectivity index (χ1n) is 4.19. The number of aryl methyl sites for hydroxylation is 1. The number of anilines is 1. The topological polar surface area (TPSA) is 12.0 Å². The molecule has 82 valence electrons. The summed E-state index contributed by atoms with van der Waals surface area (Å²) in [7, 11) is 0. The Bertz CT molecular complexity index is 387. The van der Waals surface area contributed by atoms with Crippen LogP contribution in [0.4, 0.5) is 5.69 Å². The lowest BCUT2D eigenvalue weighted by Crippen LogP contribution is -2.02. The lowest BCUT2D eigenvalue weighted by Gasteiger charge is -2.09. The molecule has 0 aliphatic carbocycles. The second-order valence-corrected chi connectivity index (χ2v) is 4.51. The Morgan fingerprint density at radius 2 is 2.00 bits per heavy atom. The van der Waals surface area contributed by atoms with Crippen LogP contribution < -0.4 is 5.32 Å². The second kappa shape index (κ2) is 5.86. The van der Waals surface area contributed by atoms with Crippen LogP contribution in [0.5, 0.6) is 0 Å². The van der Waals surface area contributed by atoms with E-state index in [1.807, 2.05) is 6.92 Å². The number of hydrogen-bond donors (Lipinski definition) is 1. The van der Waals surface area contributed by atoms with Crippen molar-refractivity contribution in [2.45, 2.75) is 6.92 Å². The lowest BCUT2D eigenvalue weighted by molar-refractivity contribution is 1.31. The quantitative estimate of drug-likeness (QED) is 0.821. The number of rotatable bonds is 3. The van der Waals surface area contributed by atoms with Crippen LogP contribution >= 0.6 is 46.4 Å². The van der Waals surface area contributed by atoms with Crippen LogP contribution in [0.1, 0.15) is 5.56 Å². The molecule has 0 atom stereocenters. The zero-order valence-electron chi connectivity index (χ0n) is 7.95. The Morgan fingerprint density at radius 1 is 1.33 bits per heavy atom. The molecule has 1 nitrogen and oxygen atoms in total. The summed E-state index contributed by atoms with van der Waals surface area (Å²) in [5.74, 6) is 0. The van der Waals surface area contributed by atoms with Crippen LogP contribution in [-0.4, -0.2) is 6.54 Å². The van der Waals surface area contributed by atoms with Gasteiger partial charge in [-0.15, -0.1) is 0 Å². The van der Waals surface area contributed by atoms with Crippen molar-refractivity contribution < 1.29 is 0 Å². The summed E-state index contributed by atoms with van der Waals surface area (Å²) >= 11 is 23.1. The SMILES string of the molecule is Cc1cc(Cl)c(NC/C(Cl)=C/Cl)cc1Cl. The van der Waals surface area contributed by atoms with Gasteiger partial charge in [0.25, 0.3) is 0 Å². The molecule has 0 amide bonds. The Morgan fingerprint density at radius 3 is 2.60 bits per heavy atom. The van der Waals surface area contributed by atoms with E-state index in [4.69, 9.17) is 46.4 Å². The van der Waals surface area contributed by atoms with E-state index in [0.29, 0.717) is 21.6 Å². The van der Waals surface area contributed by atoms with Crippen molar-refractivity contribution in [3.63, 3.8) is 0 Å². The molecule has 5 heteroatoms. The molecule has 0 saturated carbocycles. The third-order valence-corrected chi connectivity index (χ3v) is 3.15. The van der Waals surface area contributed by atoms with Gasteiger partial charge in [-0.3, -0.25) is 0 Å². The highest BCUT2D eigenvalue weighted by atomic mass is 35.5. The van der Waals surface area contributed by atoms with Gasteiger partial charge in [0.15, 0.2) is 0 Å². The fourth-order valence-corrected chi connectivity index (χ4v) is 1.59. The molecule has 0 aliphatic heterocycles. The van der Waals surface area contributed by atoms with Crippen molar-refractivity contribution in [1.29, 1.82) is 0 Å². The zero-order valence-corrected chi connectivity index (χ0v) is 11.0. The Labute approximate surface area is 109 Å². The van der Waals surface area contributed by atoms with E-state index in [-0.39, 0.29) is 0 Å². The first kappa shape index (κ1) is 13.0. The molecular formula is C10H9Cl4N. The van der Waals surface area contributed by atoms with Crippen LogP contribution in [0, 0.1) is 6.92 Å². The standard InChI is InChI=1S/C10H9Cl4N/c1-6-2-9(14)10(3-8(6)13)15-5-7(12)4-11/h2-4,15H,5H2,1H3/b7-4-. The van der Waals surface area contributed by atoms with Crippen molar-refractivity contribution in [1.82, 2.24) is 0 Å². The maximum absolute atomic E-state index is 6.01. The predicted octanol–water partition coefficient (Wildman–Crippen LogP) is 5.03. The van der Waals surface area contributed by atoms with Gasteiger partial charge in [0, 0.05) is 15.6 Å². The summed E-state index contributed by atoms with van der Waals surface area (Å²) in [5.41, 5.74) is 2.98. The molecule has 0 saturated heterocycles. The van der Waals surface area contributed by atoms with Crippen molar-refractivity contribution >= 4 is 52.1 Å². The summed E-state index contributed by atoms with van der Waals surface area (Å²) in [5, 5.41) is 4.80. The third kappa shape index (κ3) is 3.76. The third-order valence-electron chi connectivity index (χ3n) is 1.81. The van der Waals surface area contributed by atoms with Crippen LogP contribution in [0.2, 0.25) is 10.0 Å². The normalized spacial score (nSPS) is 11.7. The summed E-state index contributed by atoms with van der Waals surface area (Å²) in [6, 6.07) is 3.56. The Hall–Kier alpha value is -0.0800. The van der Waals surface area contributed by atoms with Gasteiger partial charge in [-0.25, -0.2) is 0 Å². The van der Waals surface area contributed by atoms with Crippen molar-refractivity contribution in [3.8, 4) is 0 Å². The van der Waals surface area contributed by atoms with Crippen LogP contribution in [0.3, 0.4) is 0 Å². The van der Waals surface area contributed by atoms with Gasteiger partial charge < -0.3 is 5.32 Å². The molecule has 0 spiro atoms. The highest BCUT2D eigenvalue weighted by Crippen LogP contribution is 2.28. The van der Waals surface area contributed by atoms with Gasteiger partial charge in [-0.05, 0) is 24.6 Å². The molecule has 0 radical (unpaired) electrons. The van der Waals surface area contributed by atoms with Crippen LogP contribution in [0.15, 0.2) is 22.7 Å². The largest absolute Gasteiger partial charge is 0.379 e. The maximum atomic E-state index is 6.01. The summed E-state index contributed by atoms with van der Waals surface area (Å²) in [4.78, 5) is 0. The summed E-state index contributed by atoms with van der Waals surface area (Å²) in [6.07, 6.45) is 0. The fourth-order valence-electron chi connectivity index (χ4n) is 1.000. The van der Waals surface area contributed by atoms with Gasteiger partial charge in [0.05, 0.1) is 17.3 Å². The van der Waals surface area contributed by atoms with E-state index in [1.165, 1.54) is 5.54 Å².